The lowest BCUT2D eigenvalue weighted by molar-refractivity contribution is -0.144. The molecule has 4 amide bonds. The number of allylic oxidation sites excluding steroid dienone is 1. The molecule has 0 radical (unpaired) electrons. The molecule has 4 heterocycles. The topological polar surface area (TPSA) is 184 Å². The first-order valence-electron chi connectivity index (χ1n) is 25.6. The van der Waals surface area contributed by atoms with Gasteiger partial charge in [0.25, 0.3) is 5.91 Å². The molecule has 3 aliphatic heterocycles. The number of aliphatic hydroxyl groups is 1. The molecule has 6 N–H and O–H groups in total. The third-order valence-corrected chi connectivity index (χ3v) is 15.3. The van der Waals surface area contributed by atoms with Crippen LogP contribution in [0.15, 0.2) is 94.8 Å². The molecule has 4 aliphatic rings. The van der Waals surface area contributed by atoms with Gasteiger partial charge < -0.3 is 46.4 Å². The number of amides is 4. The maximum Gasteiger partial charge on any atom is 0.260 e. The monoisotopic (exact) mass is 985 g/mol. The maximum absolute atomic E-state index is 14.1. The molecule has 0 bridgehead atoms. The number of unbranched alkanes of at least 4 members (excludes halogenated alkanes) is 5. The molecule has 378 valence electrons. The number of rotatable bonds is 19. The highest BCUT2D eigenvalue weighted by atomic mass is 32.1. The zero-order chi connectivity index (χ0) is 50.2. The van der Waals surface area contributed by atoms with Crippen molar-refractivity contribution in [3.05, 3.63) is 107 Å². The number of aliphatic imine (C=N–C) groups is 1. The van der Waals surface area contributed by atoms with Gasteiger partial charge in [0.05, 0.1) is 45.7 Å². The number of hydrogen-bond donors (Lipinski definition) is 6. The van der Waals surface area contributed by atoms with Gasteiger partial charge in [0.2, 0.25) is 17.7 Å². The Morgan fingerprint density at radius 2 is 1.59 bits per heavy atom. The number of fused-ring (bicyclic) bond motifs is 1. The summed E-state index contributed by atoms with van der Waals surface area (Å²) in [5, 5.41) is 27.6. The molecule has 0 spiro atoms. The molecule has 1 saturated carbocycles. The Balaban J connectivity index is 0.739. The molecule has 1 unspecified atom stereocenters. The average molecular weight is 985 g/mol. The number of β-amino-alcohol motifs (C(OH)–C–C–N with tert-alkyl or cyclic N) is 1. The molecule has 1 aliphatic carbocycles. The van der Waals surface area contributed by atoms with Gasteiger partial charge in [-0.3, -0.25) is 19.2 Å². The lowest BCUT2D eigenvalue weighted by Gasteiger charge is -2.41. The normalized spacial score (nSPS) is 20.0. The summed E-state index contributed by atoms with van der Waals surface area (Å²) in [6.45, 7) is 10.5. The average Bonchev–Trinajstić information content (AvgIpc) is 4.13. The standard InChI is InChI=1S/C55H72N10O5S/c1-35(37-22-24-38(25-23-37)48-36(2)58-34-71-48)59-51(68)45-31-42(66)33-64(45)53(70)49(55(3,4)5)62-47(67)21-11-9-7-8-10-16-30-56-39-26-28-40(29-27-39)60-54-57-32-46-50(65(54)41-17-12-13-18-41)61-44-20-15-14-19-43(44)52(69)63(46)6/h14-15,19-20,22-29,32,34-35,41-42,45,49,54,56,60-61,66H,7-13,16-18,21,30-31,33H2,1-6H3,(H,59,68)(H,62,67)/t35-,42+,45-,49+,54?/m0/s1. The number of hydrogen-bond acceptors (Lipinski definition) is 12. The van der Waals surface area contributed by atoms with Gasteiger partial charge in [0, 0.05) is 50.4 Å². The first-order chi connectivity index (χ1) is 34.2. The maximum atomic E-state index is 14.1. The van der Waals surface area contributed by atoms with Crippen LogP contribution in [0.25, 0.3) is 10.4 Å². The minimum absolute atomic E-state index is 0.0322. The van der Waals surface area contributed by atoms with Crippen molar-refractivity contribution >= 4 is 58.2 Å². The molecule has 2 fully saturated rings. The molecular formula is C55H72N10O5S. The first kappa shape index (κ1) is 51.1. The van der Waals surface area contributed by atoms with Crippen LogP contribution in [0.2, 0.25) is 0 Å². The van der Waals surface area contributed by atoms with E-state index in [1.54, 1.807) is 16.2 Å². The number of carbonyl (C=O) groups is 4. The van der Waals surface area contributed by atoms with Crippen LogP contribution in [-0.4, -0.2) is 105 Å². The van der Waals surface area contributed by atoms with E-state index in [9.17, 15) is 24.3 Å². The highest BCUT2D eigenvalue weighted by molar-refractivity contribution is 7.13. The van der Waals surface area contributed by atoms with Gasteiger partial charge in [-0.05, 0) is 92.5 Å². The van der Waals surface area contributed by atoms with E-state index in [0.717, 1.165) is 108 Å². The van der Waals surface area contributed by atoms with Crippen molar-refractivity contribution in [2.45, 2.75) is 148 Å². The van der Waals surface area contributed by atoms with Crippen molar-refractivity contribution in [2.24, 2.45) is 10.4 Å². The summed E-state index contributed by atoms with van der Waals surface area (Å²) in [5.41, 5.74) is 8.40. The van der Waals surface area contributed by atoms with Crippen LogP contribution in [-0.2, 0) is 14.4 Å². The summed E-state index contributed by atoms with van der Waals surface area (Å²) in [6, 6.07) is 22.3. The van der Waals surface area contributed by atoms with Crippen LogP contribution in [0, 0.1) is 12.3 Å². The van der Waals surface area contributed by atoms with Gasteiger partial charge in [0.1, 0.15) is 23.6 Å². The Bertz CT molecular complexity index is 2570. The molecule has 1 aromatic heterocycles. The number of thiazole rings is 1. The molecule has 16 heteroatoms. The van der Waals surface area contributed by atoms with Gasteiger partial charge in [-0.1, -0.05) is 95.7 Å². The van der Waals surface area contributed by atoms with E-state index < -0.39 is 23.6 Å². The molecule has 1 saturated heterocycles. The number of aromatic nitrogens is 1. The summed E-state index contributed by atoms with van der Waals surface area (Å²) >= 11 is 1.59. The van der Waals surface area contributed by atoms with E-state index >= 15 is 0 Å². The van der Waals surface area contributed by atoms with Crippen LogP contribution in [0.5, 0.6) is 0 Å². The summed E-state index contributed by atoms with van der Waals surface area (Å²) in [6.07, 6.45) is 11.4. The quantitative estimate of drug-likeness (QED) is 0.0496. The Morgan fingerprint density at radius 1 is 0.901 bits per heavy atom. The van der Waals surface area contributed by atoms with Gasteiger partial charge in [0.15, 0.2) is 6.29 Å². The lowest BCUT2D eigenvalue weighted by Crippen LogP contribution is -2.57. The predicted molar refractivity (Wildman–Crippen MR) is 283 cm³/mol. The summed E-state index contributed by atoms with van der Waals surface area (Å²) < 4.78 is 0. The van der Waals surface area contributed by atoms with Crippen LogP contribution >= 0.6 is 11.3 Å². The zero-order valence-electron chi connectivity index (χ0n) is 42.2. The highest BCUT2D eigenvalue weighted by Crippen LogP contribution is 2.37. The molecule has 4 aromatic rings. The van der Waals surface area contributed by atoms with Crippen LogP contribution < -0.4 is 26.6 Å². The Labute approximate surface area is 423 Å². The van der Waals surface area contributed by atoms with Gasteiger partial charge >= 0.3 is 0 Å². The number of aryl methyl sites for hydroxylation is 1. The number of anilines is 3. The SMILES string of the molecule is Cc1ncsc1-c1ccc([C@H](C)NC(=O)[C@@H]2C[C@@H](O)CN2C(=O)[C@@H](NC(=O)CCCCCCCCNc2ccc(NC3N=CC4=C(Nc5ccccc5C(=O)N4C)N3C3CCCC3)cc2)C(C)(C)C)cc1. The second-order valence-electron chi connectivity index (χ2n) is 20.7. The molecule has 15 nitrogen and oxygen atoms in total. The summed E-state index contributed by atoms with van der Waals surface area (Å²) in [5.74, 6) is -0.0291. The van der Waals surface area contributed by atoms with Gasteiger partial charge in [-0.15, -0.1) is 11.3 Å². The van der Waals surface area contributed by atoms with E-state index in [2.05, 4.69) is 60.7 Å². The molecule has 8 rings (SSSR count). The highest BCUT2D eigenvalue weighted by Gasteiger charge is 2.45. The van der Waals surface area contributed by atoms with Crippen molar-refractivity contribution in [1.29, 1.82) is 0 Å². The summed E-state index contributed by atoms with van der Waals surface area (Å²) in [7, 11) is 1.82. The first-order valence-corrected chi connectivity index (χ1v) is 26.4. The van der Waals surface area contributed by atoms with Crippen molar-refractivity contribution in [1.82, 2.24) is 30.3 Å². The van der Waals surface area contributed by atoms with Crippen molar-refractivity contribution in [3.8, 4) is 10.4 Å². The van der Waals surface area contributed by atoms with Gasteiger partial charge in [-0.25, -0.2) is 9.98 Å². The number of likely N-dealkylation sites (tertiary alicyclic amines) is 1. The minimum Gasteiger partial charge on any atom is -0.391 e. The lowest BCUT2D eigenvalue weighted by atomic mass is 9.85. The van der Waals surface area contributed by atoms with E-state index in [1.807, 2.05) is 102 Å². The van der Waals surface area contributed by atoms with E-state index in [-0.39, 0.29) is 48.9 Å². The fourth-order valence-electron chi connectivity index (χ4n) is 10.2. The smallest absolute Gasteiger partial charge is 0.260 e. The number of carbonyl (C=O) groups excluding carboxylic acids is 4. The van der Waals surface area contributed by atoms with E-state index in [1.165, 1.54) is 17.7 Å². The Morgan fingerprint density at radius 3 is 2.30 bits per heavy atom. The second kappa shape index (κ2) is 22.9. The summed E-state index contributed by atoms with van der Waals surface area (Å²) in [4.78, 5) is 70.4. The van der Waals surface area contributed by atoms with Gasteiger partial charge in [-0.2, -0.15) is 0 Å². The zero-order valence-corrected chi connectivity index (χ0v) is 43.0. The molecular weight excluding hydrogens is 913 g/mol. The minimum atomic E-state index is -0.852. The largest absolute Gasteiger partial charge is 0.391 e. The second-order valence-corrected chi connectivity index (χ2v) is 21.5. The number of nitrogens with zero attached hydrogens (tertiary/aromatic N) is 5. The third kappa shape index (κ3) is 12.3. The number of nitrogens with one attached hydrogen (secondary N) is 5. The number of aliphatic hydroxyl groups excluding tert-OH is 1. The van der Waals surface area contributed by atoms with Crippen molar-refractivity contribution < 1.29 is 24.3 Å². The van der Waals surface area contributed by atoms with Crippen LogP contribution in [0.4, 0.5) is 17.1 Å². The van der Waals surface area contributed by atoms with E-state index in [4.69, 9.17) is 4.99 Å². The Hall–Kier alpha value is -6.26. The predicted octanol–water partition coefficient (Wildman–Crippen LogP) is 9.02. The van der Waals surface area contributed by atoms with Crippen LogP contribution in [0.3, 0.4) is 0 Å². The molecule has 71 heavy (non-hydrogen) atoms. The third-order valence-electron chi connectivity index (χ3n) is 14.3. The fraction of sp³-hybridized carbons (Fsp3) is 0.491. The van der Waals surface area contributed by atoms with Crippen molar-refractivity contribution in [3.63, 3.8) is 0 Å². The van der Waals surface area contributed by atoms with Crippen LogP contribution in [0.1, 0.15) is 132 Å². The van der Waals surface area contributed by atoms with E-state index in [0.29, 0.717) is 18.0 Å². The number of benzene rings is 3. The van der Waals surface area contributed by atoms with Crippen molar-refractivity contribution in [2.75, 3.05) is 36.1 Å². The molecule has 5 atom stereocenters. The number of para-hydroxylation sites is 1. The Kier molecular flexibility index (Phi) is 16.5. The molecule has 3 aromatic carbocycles. The fourth-order valence-corrected chi connectivity index (χ4v) is 11.0.